The van der Waals surface area contributed by atoms with Crippen LogP contribution in [-0.4, -0.2) is 53.2 Å². The average molecular weight is 448 g/mol. The molecule has 2 heterocycles. The maximum Gasteiger partial charge on any atom is 0.225 e. The summed E-state index contributed by atoms with van der Waals surface area (Å²) in [7, 11) is 0. The van der Waals surface area contributed by atoms with Crippen molar-refractivity contribution < 1.29 is 19.1 Å². The molecule has 2 aromatic rings. The molecule has 1 fully saturated rings. The smallest absolute Gasteiger partial charge is 0.225 e. The molecule has 1 aromatic carbocycles. The zero-order valence-electron chi connectivity index (χ0n) is 19.0. The molecule has 0 N–H and O–H groups in total. The summed E-state index contributed by atoms with van der Waals surface area (Å²) >= 11 is 0. The van der Waals surface area contributed by atoms with Gasteiger partial charge in [0.05, 0.1) is 17.7 Å². The molecule has 3 atom stereocenters. The number of ether oxygens (including phenoxy) is 1. The topological polar surface area (TPSA) is 100 Å². The molecule has 1 saturated heterocycles. The third-order valence-corrected chi connectivity index (χ3v) is 6.21. The van der Waals surface area contributed by atoms with Crippen molar-refractivity contribution in [2.75, 3.05) is 13.1 Å². The standard InChI is InChI=1S/C26H29N3O4/c1-18(15-24(31)22-5-3-20(16-27)4-6-22)26(32)29-13-9-23(10-14-29)33-25(17-30)19(2)21-7-11-28-12-8-21/h3-8,11-12,17-19,23,25H,9-10,13-15H2,1-2H3. The number of carbonyl (C=O) groups is 3. The van der Waals surface area contributed by atoms with Crippen molar-refractivity contribution in [3.63, 3.8) is 0 Å². The molecule has 0 spiro atoms. The minimum atomic E-state index is -0.552. The van der Waals surface area contributed by atoms with E-state index in [0.717, 1.165) is 11.8 Å². The number of piperidine rings is 1. The summed E-state index contributed by atoms with van der Waals surface area (Å²) in [4.78, 5) is 42.8. The van der Waals surface area contributed by atoms with Crippen LogP contribution < -0.4 is 0 Å². The minimum Gasteiger partial charge on any atom is -0.367 e. The van der Waals surface area contributed by atoms with Crippen LogP contribution in [0.15, 0.2) is 48.8 Å². The predicted octanol–water partition coefficient (Wildman–Crippen LogP) is 3.54. The van der Waals surface area contributed by atoms with Gasteiger partial charge in [-0.05, 0) is 42.7 Å². The first-order valence-corrected chi connectivity index (χ1v) is 11.3. The number of aldehydes is 1. The van der Waals surface area contributed by atoms with E-state index in [1.807, 2.05) is 25.1 Å². The van der Waals surface area contributed by atoms with Crippen molar-refractivity contribution in [3.05, 3.63) is 65.5 Å². The highest BCUT2D eigenvalue weighted by atomic mass is 16.5. The fraction of sp³-hybridized carbons (Fsp3) is 0.423. The molecule has 3 unspecified atom stereocenters. The molecule has 33 heavy (non-hydrogen) atoms. The van der Waals surface area contributed by atoms with Crippen LogP contribution >= 0.6 is 0 Å². The Kier molecular flexibility index (Phi) is 8.45. The van der Waals surface area contributed by atoms with E-state index in [1.54, 1.807) is 48.5 Å². The number of ketones is 1. The molecule has 172 valence electrons. The van der Waals surface area contributed by atoms with Gasteiger partial charge in [-0.2, -0.15) is 5.26 Å². The lowest BCUT2D eigenvalue weighted by Crippen LogP contribution is -2.44. The molecule has 1 aliphatic heterocycles. The van der Waals surface area contributed by atoms with Gasteiger partial charge < -0.3 is 14.4 Å². The summed E-state index contributed by atoms with van der Waals surface area (Å²) in [5.74, 6) is -0.677. The van der Waals surface area contributed by atoms with Gasteiger partial charge in [0, 0.05) is 49.3 Å². The molecule has 0 saturated carbocycles. The number of carbonyl (C=O) groups excluding carboxylic acids is 3. The van der Waals surface area contributed by atoms with Gasteiger partial charge in [-0.25, -0.2) is 0 Å². The second-order valence-electron chi connectivity index (χ2n) is 8.55. The van der Waals surface area contributed by atoms with Crippen LogP contribution in [0.4, 0.5) is 0 Å². The normalized spacial score (nSPS) is 16.9. The van der Waals surface area contributed by atoms with E-state index in [4.69, 9.17) is 10.00 Å². The summed E-state index contributed by atoms with van der Waals surface area (Å²) in [6.07, 6.45) is 5.02. The highest BCUT2D eigenvalue weighted by Gasteiger charge is 2.30. The number of rotatable bonds is 9. The van der Waals surface area contributed by atoms with Gasteiger partial charge in [0.2, 0.25) is 5.91 Å². The Morgan fingerprint density at radius 2 is 1.79 bits per heavy atom. The lowest BCUT2D eigenvalue weighted by molar-refractivity contribution is -0.140. The summed E-state index contributed by atoms with van der Waals surface area (Å²) < 4.78 is 6.08. The molecular formula is C26H29N3O4. The Labute approximate surface area is 194 Å². The molecule has 1 aliphatic rings. The van der Waals surface area contributed by atoms with Gasteiger partial charge in [-0.1, -0.05) is 26.0 Å². The number of nitrogens with zero attached hydrogens (tertiary/aromatic N) is 3. The zero-order chi connectivity index (χ0) is 23.8. The second kappa shape index (κ2) is 11.5. The number of likely N-dealkylation sites (tertiary alicyclic amines) is 1. The fourth-order valence-corrected chi connectivity index (χ4v) is 4.08. The first-order valence-electron chi connectivity index (χ1n) is 11.3. The number of benzene rings is 1. The van der Waals surface area contributed by atoms with Crippen LogP contribution in [0, 0.1) is 17.2 Å². The van der Waals surface area contributed by atoms with Crippen molar-refractivity contribution in [2.24, 2.45) is 5.92 Å². The Balaban J connectivity index is 1.49. The Morgan fingerprint density at radius 1 is 1.15 bits per heavy atom. The van der Waals surface area contributed by atoms with Crippen LogP contribution in [0.5, 0.6) is 0 Å². The Morgan fingerprint density at radius 3 is 2.36 bits per heavy atom. The molecule has 7 heteroatoms. The van der Waals surface area contributed by atoms with Crippen molar-refractivity contribution in [2.45, 2.75) is 51.2 Å². The maximum atomic E-state index is 12.9. The van der Waals surface area contributed by atoms with E-state index in [0.29, 0.717) is 37.1 Å². The summed E-state index contributed by atoms with van der Waals surface area (Å²) in [6, 6.07) is 12.2. The van der Waals surface area contributed by atoms with E-state index >= 15 is 0 Å². The molecule has 1 aromatic heterocycles. The Bertz CT molecular complexity index is 992. The molecule has 0 aliphatic carbocycles. The van der Waals surface area contributed by atoms with Crippen LogP contribution in [0.2, 0.25) is 0 Å². The monoisotopic (exact) mass is 447 g/mol. The average Bonchev–Trinajstić information content (AvgIpc) is 2.87. The lowest BCUT2D eigenvalue weighted by atomic mass is 9.95. The maximum absolute atomic E-state index is 12.9. The van der Waals surface area contributed by atoms with Crippen LogP contribution in [0.25, 0.3) is 0 Å². The van der Waals surface area contributed by atoms with Gasteiger partial charge in [-0.15, -0.1) is 0 Å². The number of hydrogen-bond acceptors (Lipinski definition) is 6. The highest BCUT2D eigenvalue weighted by Crippen LogP contribution is 2.25. The van der Waals surface area contributed by atoms with Crippen LogP contribution in [-0.2, 0) is 14.3 Å². The van der Waals surface area contributed by atoms with Crippen LogP contribution in [0.3, 0.4) is 0 Å². The number of nitriles is 1. The number of aromatic nitrogens is 1. The summed E-state index contributed by atoms with van der Waals surface area (Å²) in [5.41, 5.74) is 1.99. The molecule has 0 bridgehead atoms. The van der Waals surface area contributed by atoms with Crippen molar-refractivity contribution in [3.8, 4) is 6.07 Å². The fourth-order valence-electron chi connectivity index (χ4n) is 4.08. The van der Waals surface area contributed by atoms with E-state index in [9.17, 15) is 14.4 Å². The lowest BCUT2D eigenvalue weighted by Gasteiger charge is -2.35. The molecule has 0 radical (unpaired) electrons. The third kappa shape index (κ3) is 6.33. The van der Waals surface area contributed by atoms with Gasteiger partial charge in [0.1, 0.15) is 12.4 Å². The largest absolute Gasteiger partial charge is 0.367 e. The Hall–Kier alpha value is -3.37. The third-order valence-electron chi connectivity index (χ3n) is 6.21. The van der Waals surface area contributed by atoms with E-state index in [-0.39, 0.29) is 30.1 Å². The SMILES string of the molecule is CC(CC(=O)c1ccc(C#N)cc1)C(=O)N1CCC(OC(C=O)C(C)c2ccncc2)CC1. The second-order valence-corrected chi connectivity index (χ2v) is 8.55. The minimum absolute atomic E-state index is 0.0486. The van der Waals surface area contributed by atoms with E-state index < -0.39 is 12.0 Å². The van der Waals surface area contributed by atoms with Crippen molar-refractivity contribution in [1.82, 2.24) is 9.88 Å². The molecule has 1 amide bonds. The first-order chi connectivity index (χ1) is 15.9. The first kappa shape index (κ1) is 24.3. The van der Waals surface area contributed by atoms with Gasteiger partial charge in [-0.3, -0.25) is 14.6 Å². The van der Waals surface area contributed by atoms with E-state index in [1.165, 1.54) is 0 Å². The highest BCUT2D eigenvalue weighted by molar-refractivity contribution is 5.98. The number of amides is 1. The van der Waals surface area contributed by atoms with E-state index in [2.05, 4.69) is 4.98 Å². The van der Waals surface area contributed by atoms with Gasteiger partial charge in [0.25, 0.3) is 0 Å². The number of pyridine rings is 1. The summed E-state index contributed by atoms with van der Waals surface area (Å²) in [6.45, 7) is 4.80. The molecule has 3 rings (SSSR count). The quantitative estimate of drug-likeness (QED) is 0.431. The predicted molar refractivity (Wildman–Crippen MR) is 122 cm³/mol. The van der Waals surface area contributed by atoms with Crippen molar-refractivity contribution in [1.29, 1.82) is 5.26 Å². The van der Waals surface area contributed by atoms with Gasteiger partial charge >= 0.3 is 0 Å². The molecular weight excluding hydrogens is 418 g/mol. The number of hydrogen-bond donors (Lipinski definition) is 0. The summed E-state index contributed by atoms with van der Waals surface area (Å²) in [5, 5.41) is 8.88. The number of Topliss-reactive ketones (excluding diaryl/α,β-unsaturated/α-hetero) is 1. The van der Waals surface area contributed by atoms with Crippen LogP contribution in [0.1, 0.15) is 60.5 Å². The van der Waals surface area contributed by atoms with Gasteiger partial charge in [0.15, 0.2) is 5.78 Å². The molecule has 7 nitrogen and oxygen atoms in total. The van der Waals surface area contributed by atoms with Crippen molar-refractivity contribution >= 4 is 18.0 Å². The zero-order valence-corrected chi connectivity index (χ0v) is 19.0.